The second-order valence-corrected chi connectivity index (χ2v) is 8.75. The van der Waals surface area contributed by atoms with Crippen LogP contribution in [-0.2, 0) is 6.18 Å². The molecule has 2 aliphatic heterocycles. The van der Waals surface area contributed by atoms with Crippen LogP contribution in [-0.4, -0.2) is 77.2 Å². The Balaban J connectivity index is 1.37. The zero-order chi connectivity index (χ0) is 23.0. The zero-order valence-electron chi connectivity index (χ0n) is 16.9. The van der Waals surface area contributed by atoms with E-state index in [2.05, 4.69) is 9.88 Å². The largest absolute Gasteiger partial charge is 0.417 e. The molecule has 2 saturated heterocycles. The van der Waals surface area contributed by atoms with Gasteiger partial charge in [-0.3, -0.25) is 9.69 Å². The van der Waals surface area contributed by atoms with Gasteiger partial charge in [0, 0.05) is 56.1 Å². The Morgan fingerprint density at radius 3 is 2.31 bits per heavy atom. The topological polar surface area (TPSA) is 59.9 Å². The molecule has 0 bridgehead atoms. The van der Waals surface area contributed by atoms with Crippen molar-refractivity contribution in [2.24, 2.45) is 0 Å². The molecule has 0 spiro atoms. The highest BCUT2D eigenvalue weighted by Crippen LogP contribution is 2.34. The Morgan fingerprint density at radius 1 is 1.06 bits per heavy atom. The van der Waals surface area contributed by atoms with Gasteiger partial charge in [0.1, 0.15) is 5.82 Å². The number of aliphatic hydroxyl groups is 1. The number of amides is 1. The molecule has 172 valence electrons. The summed E-state index contributed by atoms with van der Waals surface area (Å²) in [6.45, 7) is 2.73. The van der Waals surface area contributed by atoms with E-state index in [9.17, 15) is 23.1 Å². The lowest BCUT2D eigenvalue weighted by atomic mass is 10.1. The number of benzene rings is 1. The monoisotopic (exact) mass is 488 g/mol. The zero-order valence-corrected chi connectivity index (χ0v) is 18.4. The highest BCUT2D eigenvalue weighted by Gasteiger charge is 2.39. The third-order valence-electron chi connectivity index (χ3n) is 5.87. The maximum absolute atomic E-state index is 12.8. The number of halogens is 5. The van der Waals surface area contributed by atoms with E-state index in [4.69, 9.17) is 23.2 Å². The molecule has 2 aliphatic rings. The number of likely N-dealkylation sites (tertiary alicyclic amines) is 1. The van der Waals surface area contributed by atoms with Crippen molar-refractivity contribution >= 4 is 34.9 Å². The fourth-order valence-corrected chi connectivity index (χ4v) is 4.56. The molecule has 0 radical (unpaired) electrons. The SMILES string of the molecule is O=C(c1ccc(Cl)cc1)N1C[C@@H](O)[C@H](N2CCN(c3ncc(C(F)(F)F)cc3Cl)CC2)C1. The first kappa shape index (κ1) is 23.1. The summed E-state index contributed by atoms with van der Waals surface area (Å²) in [5.41, 5.74) is -0.375. The van der Waals surface area contributed by atoms with Crippen molar-refractivity contribution in [3.8, 4) is 0 Å². The van der Waals surface area contributed by atoms with Gasteiger partial charge in [0.05, 0.1) is 22.7 Å². The van der Waals surface area contributed by atoms with Crippen molar-refractivity contribution in [1.82, 2.24) is 14.8 Å². The number of anilines is 1. The minimum absolute atomic E-state index is 0.0473. The van der Waals surface area contributed by atoms with Gasteiger partial charge in [-0.05, 0) is 30.3 Å². The van der Waals surface area contributed by atoms with Gasteiger partial charge in [0.25, 0.3) is 5.91 Å². The van der Waals surface area contributed by atoms with Crippen molar-refractivity contribution in [2.45, 2.75) is 18.3 Å². The molecule has 2 fully saturated rings. The van der Waals surface area contributed by atoms with Crippen molar-refractivity contribution < 1.29 is 23.1 Å². The third kappa shape index (κ3) is 4.80. The van der Waals surface area contributed by atoms with Gasteiger partial charge in [0.2, 0.25) is 0 Å². The van der Waals surface area contributed by atoms with Crippen LogP contribution in [0.15, 0.2) is 36.5 Å². The summed E-state index contributed by atoms with van der Waals surface area (Å²) < 4.78 is 38.5. The summed E-state index contributed by atoms with van der Waals surface area (Å²) in [7, 11) is 0. The average molecular weight is 489 g/mol. The van der Waals surface area contributed by atoms with Crippen LogP contribution >= 0.6 is 23.2 Å². The highest BCUT2D eigenvalue weighted by molar-refractivity contribution is 6.33. The maximum atomic E-state index is 12.8. The number of alkyl halides is 3. The lowest BCUT2D eigenvalue weighted by molar-refractivity contribution is -0.137. The summed E-state index contributed by atoms with van der Waals surface area (Å²) in [5.74, 6) is 0.147. The van der Waals surface area contributed by atoms with Crippen molar-refractivity contribution in [2.75, 3.05) is 44.2 Å². The van der Waals surface area contributed by atoms with Crippen LogP contribution in [0.1, 0.15) is 15.9 Å². The number of carbonyl (C=O) groups is 1. The van der Waals surface area contributed by atoms with E-state index in [1.807, 2.05) is 4.90 Å². The summed E-state index contributed by atoms with van der Waals surface area (Å²) in [5, 5.41) is 11.1. The Bertz CT molecular complexity index is 982. The normalized spacial score (nSPS) is 22.4. The molecule has 1 amide bonds. The predicted molar refractivity (Wildman–Crippen MR) is 115 cm³/mol. The number of carbonyl (C=O) groups excluding carboxylic acids is 1. The first-order valence-corrected chi connectivity index (χ1v) is 10.8. The second kappa shape index (κ2) is 9.05. The molecule has 2 atom stereocenters. The summed E-state index contributed by atoms with van der Waals surface area (Å²) >= 11 is 11.9. The number of aromatic nitrogens is 1. The van der Waals surface area contributed by atoms with E-state index in [1.54, 1.807) is 29.2 Å². The molecule has 1 aromatic heterocycles. The van der Waals surface area contributed by atoms with Gasteiger partial charge in [-0.2, -0.15) is 13.2 Å². The Labute approximate surface area is 193 Å². The van der Waals surface area contributed by atoms with Crippen molar-refractivity contribution in [3.63, 3.8) is 0 Å². The number of piperazine rings is 1. The van der Waals surface area contributed by atoms with E-state index in [0.717, 1.165) is 12.3 Å². The Kier molecular flexibility index (Phi) is 6.53. The molecule has 2 aromatic rings. The molecule has 11 heteroatoms. The number of pyridine rings is 1. The molecule has 1 aromatic carbocycles. The van der Waals surface area contributed by atoms with Crippen LogP contribution in [0.5, 0.6) is 0 Å². The first-order chi connectivity index (χ1) is 15.1. The van der Waals surface area contributed by atoms with Crippen LogP contribution in [0.3, 0.4) is 0 Å². The van der Waals surface area contributed by atoms with Crippen molar-refractivity contribution in [1.29, 1.82) is 0 Å². The number of rotatable bonds is 3. The molecule has 3 heterocycles. The molecule has 0 unspecified atom stereocenters. The quantitative estimate of drug-likeness (QED) is 0.717. The van der Waals surface area contributed by atoms with E-state index < -0.39 is 17.8 Å². The first-order valence-electron chi connectivity index (χ1n) is 10.1. The lowest BCUT2D eigenvalue weighted by Gasteiger charge is -2.39. The minimum Gasteiger partial charge on any atom is -0.390 e. The smallest absolute Gasteiger partial charge is 0.390 e. The Hall–Kier alpha value is -2.07. The third-order valence-corrected chi connectivity index (χ3v) is 6.40. The van der Waals surface area contributed by atoms with Crippen LogP contribution in [0.4, 0.5) is 19.0 Å². The van der Waals surface area contributed by atoms with E-state index in [-0.39, 0.29) is 23.5 Å². The van der Waals surface area contributed by atoms with Gasteiger partial charge in [-0.15, -0.1) is 0 Å². The summed E-state index contributed by atoms with van der Waals surface area (Å²) in [4.78, 5) is 22.2. The molecule has 4 rings (SSSR count). The molecule has 6 nitrogen and oxygen atoms in total. The van der Waals surface area contributed by atoms with Gasteiger partial charge in [-0.1, -0.05) is 23.2 Å². The number of nitrogens with zero attached hydrogens (tertiary/aromatic N) is 4. The molecular weight excluding hydrogens is 468 g/mol. The van der Waals surface area contributed by atoms with Crippen LogP contribution < -0.4 is 4.90 Å². The second-order valence-electron chi connectivity index (χ2n) is 7.90. The van der Waals surface area contributed by atoms with Crippen LogP contribution in [0.2, 0.25) is 10.0 Å². The number of hydrogen-bond acceptors (Lipinski definition) is 5. The summed E-state index contributed by atoms with van der Waals surface area (Å²) in [6, 6.07) is 7.28. The fraction of sp³-hybridized carbons (Fsp3) is 0.429. The lowest BCUT2D eigenvalue weighted by Crippen LogP contribution is -2.54. The van der Waals surface area contributed by atoms with E-state index in [1.165, 1.54) is 0 Å². The van der Waals surface area contributed by atoms with Gasteiger partial charge < -0.3 is 14.9 Å². The standard InChI is InChI=1S/C21H21Cl2F3N4O2/c22-15-3-1-13(2-4-15)20(32)30-11-17(18(31)12-30)28-5-7-29(8-6-28)19-16(23)9-14(10-27-19)21(24,25)26/h1-4,9-10,17-18,31H,5-8,11-12H2/t17-,18-/m1/s1. The van der Waals surface area contributed by atoms with Crippen LogP contribution in [0, 0.1) is 0 Å². The molecule has 0 aliphatic carbocycles. The fourth-order valence-electron chi connectivity index (χ4n) is 4.15. The molecule has 0 saturated carbocycles. The average Bonchev–Trinajstić information content (AvgIpc) is 3.15. The van der Waals surface area contributed by atoms with E-state index in [0.29, 0.717) is 49.1 Å². The van der Waals surface area contributed by atoms with Crippen LogP contribution in [0.25, 0.3) is 0 Å². The maximum Gasteiger partial charge on any atom is 0.417 e. The molecule has 1 N–H and O–H groups in total. The molecule has 32 heavy (non-hydrogen) atoms. The van der Waals surface area contributed by atoms with Crippen molar-refractivity contribution in [3.05, 3.63) is 57.7 Å². The highest BCUT2D eigenvalue weighted by atomic mass is 35.5. The number of aliphatic hydroxyl groups excluding tert-OH is 1. The van der Waals surface area contributed by atoms with E-state index >= 15 is 0 Å². The van der Waals surface area contributed by atoms with Gasteiger partial charge >= 0.3 is 6.18 Å². The Morgan fingerprint density at radius 2 is 1.72 bits per heavy atom. The van der Waals surface area contributed by atoms with Gasteiger partial charge in [0.15, 0.2) is 0 Å². The molecular formula is C21H21Cl2F3N4O2. The van der Waals surface area contributed by atoms with Gasteiger partial charge in [-0.25, -0.2) is 4.98 Å². The number of hydrogen-bond donors (Lipinski definition) is 1. The summed E-state index contributed by atoms with van der Waals surface area (Å²) in [6.07, 6.45) is -4.40. The minimum atomic E-state index is -4.50. The predicted octanol–water partition coefficient (Wildman–Crippen LogP) is 3.41. The number of β-amino-alcohol motifs (C(OH)–C–C–N with tert-alkyl or cyclic N) is 1.